The maximum absolute atomic E-state index is 12.2. The first-order valence-corrected chi connectivity index (χ1v) is 12.4. The van der Waals surface area contributed by atoms with Gasteiger partial charge < -0.3 is 9.47 Å². The number of hydrogen-bond donors (Lipinski definition) is 1. The Hall–Kier alpha value is -2.74. The Kier molecular flexibility index (Phi) is 9.62. The van der Waals surface area contributed by atoms with E-state index in [1.165, 1.54) is 12.1 Å². The molecule has 0 heterocycles. The summed E-state index contributed by atoms with van der Waals surface area (Å²) < 4.78 is 13.1. The Balaban J connectivity index is 1.55. The molecule has 8 nitrogen and oxygen atoms in total. The molecule has 3 rings (SSSR count). The number of nitro benzene ring substituents is 1. The predicted octanol–water partition coefficient (Wildman–Crippen LogP) is 5.47. The minimum Gasteiger partial charge on any atom is -0.494 e. The van der Waals surface area contributed by atoms with Crippen molar-refractivity contribution in [1.82, 2.24) is 5.43 Å². The first-order chi connectivity index (χ1) is 16.4. The van der Waals surface area contributed by atoms with Gasteiger partial charge in [0.25, 0.3) is 5.69 Å². The minimum atomic E-state index is -0.431. The summed E-state index contributed by atoms with van der Waals surface area (Å²) in [6, 6.07) is 17.4. The van der Waals surface area contributed by atoms with E-state index in [9.17, 15) is 14.9 Å². The molecule has 0 spiro atoms. The average molecular weight is 685 g/mol. The van der Waals surface area contributed by atoms with Crippen molar-refractivity contribution in [1.29, 1.82) is 0 Å². The number of hydrogen-bond acceptors (Lipinski definition) is 6. The van der Waals surface area contributed by atoms with Crippen molar-refractivity contribution in [3.05, 3.63) is 94.6 Å². The molecule has 1 amide bonds. The van der Waals surface area contributed by atoms with E-state index in [1.807, 2.05) is 43.3 Å². The highest BCUT2D eigenvalue weighted by Crippen LogP contribution is 2.29. The molecule has 1 N–H and O–H groups in total. The van der Waals surface area contributed by atoms with Crippen molar-refractivity contribution < 1.29 is 19.2 Å². The molecule has 0 unspecified atom stereocenters. The van der Waals surface area contributed by atoms with Crippen molar-refractivity contribution in [3.63, 3.8) is 0 Å². The van der Waals surface area contributed by atoms with Crippen LogP contribution >= 0.6 is 45.2 Å². The minimum absolute atomic E-state index is 0.0446. The number of halogens is 2. The van der Waals surface area contributed by atoms with Crippen molar-refractivity contribution in [2.24, 2.45) is 5.10 Å². The Morgan fingerprint density at radius 2 is 1.65 bits per heavy atom. The number of non-ortho nitro benzene ring substituents is 1. The molecule has 0 bridgehead atoms. The predicted molar refractivity (Wildman–Crippen MR) is 146 cm³/mol. The average Bonchev–Trinajstić information content (AvgIpc) is 2.80. The van der Waals surface area contributed by atoms with Crippen LogP contribution in [0.5, 0.6) is 11.5 Å². The summed E-state index contributed by atoms with van der Waals surface area (Å²) in [6.07, 6.45) is 1.80. The van der Waals surface area contributed by atoms with E-state index < -0.39 is 4.92 Å². The van der Waals surface area contributed by atoms with Gasteiger partial charge in [0.05, 0.1) is 31.3 Å². The van der Waals surface area contributed by atoms with Crippen molar-refractivity contribution in [3.8, 4) is 11.5 Å². The number of nitro groups is 1. The number of carbonyl (C=O) groups excluding carboxylic acids is 1. The van der Waals surface area contributed by atoms with Gasteiger partial charge in [0.1, 0.15) is 18.1 Å². The summed E-state index contributed by atoms with van der Waals surface area (Å²) in [5.74, 6) is 1.28. The lowest BCUT2D eigenvalue weighted by atomic mass is 10.1. The normalized spacial score (nSPS) is 10.8. The third-order valence-corrected chi connectivity index (χ3v) is 6.16. The first-order valence-electron chi connectivity index (χ1n) is 10.2. The Labute approximate surface area is 224 Å². The summed E-state index contributed by atoms with van der Waals surface area (Å²) in [4.78, 5) is 22.5. The zero-order valence-electron chi connectivity index (χ0n) is 18.2. The molecular formula is C24H21I2N3O5. The van der Waals surface area contributed by atoms with Crippen LogP contribution in [0, 0.1) is 17.3 Å². The van der Waals surface area contributed by atoms with Crippen LogP contribution in [-0.2, 0) is 17.8 Å². The quantitative estimate of drug-likeness (QED) is 0.132. The van der Waals surface area contributed by atoms with Crippen LogP contribution in [0.15, 0.2) is 65.8 Å². The summed E-state index contributed by atoms with van der Waals surface area (Å²) in [6.45, 7) is 2.81. The van der Waals surface area contributed by atoms with Crippen LogP contribution in [0.1, 0.15) is 23.6 Å². The third kappa shape index (κ3) is 7.65. The fraction of sp³-hybridized carbons (Fsp3) is 0.167. The maximum atomic E-state index is 12.2. The second kappa shape index (κ2) is 12.6. The SMILES string of the molecule is CCOc1ccc(CC(=O)N/N=C/c2cc(I)c(OCc3ccc([N+](=O)[O-])cc3)c(I)c2)cc1. The lowest BCUT2D eigenvalue weighted by Gasteiger charge is -2.11. The van der Waals surface area contributed by atoms with Gasteiger partial charge in [0.15, 0.2) is 0 Å². The Bertz CT molecular complexity index is 1160. The highest BCUT2D eigenvalue weighted by Gasteiger charge is 2.10. The molecule has 0 aliphatic heterocycles. The molecule has 0 aliphatic carbocycles. The molecule has 3 aromatic carbocycles. The number of ether oxygens (including phenoxy) is 2. The molecule has 0 saturated carbocycles. The lowest BCUT2D eigenvalue weighted by molar-refractivity contribution is -0.384. The molecule has 34 heavy (non-hydrogen) atoms. The molecule has 176 valence electrons. The third-order valence-electron chi connectivity index (χ3n) is 4.55. The van der Waals surface area contributed by atoms with E-state index in [4.69, 9.17) is 9.47 Å². The van der Waals surface area contributed by atoms with E-state index in [1.54, 1.807) is 18.3 Å². The molecule has 0 aliphatic rings. The number of nitrogens with zero attached hydrogens (tertiary/aromatic N) is 2. The highest BCUT2D eigenvalue weighted by atomic mass is 127. The number of rotatable bonds is 10. The molecule has 0 saturated heterocycles. The van der Waals surface area contributed by atoms with Crippen LogP contribution in [-0.4, -0.2) is 23.7 Å². The largest absolute Gasteiger partial charge is 0.494 e. The standard InChI is InChI=1S/C24H21I2N3O5/c1-2-33-20-9-5-16(6-10-20)13-23(30)28-27-14-18-11-21(25)24(22(26)12-18)34-15-17-3-7-19(8-4-17)29(31)32/h3-12,14H,2,13,15H2,1H3,(H,28,30)/b27-14+. The van der Waals surface area contributed by atoms with Crippen LogP contribution < -0.4 is 14.9 Å². The van der Waals surface area contributed by atoms with Gasteiger partial charge in [-0.25, -0.2) is 5.43 Å². The van der Waals surface area contributed by atoms with Gasteiger partial charge in [-0.1, -0.05) is 12.1 Å². The number of benzene rings is 3. The van der Waals surface area contributed by atoms with Gasteiger partial charge in [-0.2, -0.15) is 5.10 Å². The van der Waals surface area contributed by atoms with E-state index in [0.29, 0.717) is 13.2 Å². The molecule has 0 aromatic heterocycles. The van der Waals surface area contributed by atoms with Crippen molar-refractivity contribution >= 4 is 63.0 Å². The van der Waals surface area contributed by atoms with Crippen LogP contribution in [0.3, 0.4) is 0 Å². The van der Waals surface area contributed by atoms with Gasteiger partial charge in [-0.15, -0.1) is 0 Å². The summed E-state index contributed by atoms with van der Waals surface area (Å²) >= 11 is 4.36. The zero-order valence-corrected chi connectivity index (χ0v) is 22.5. The molecule has 0 fully saturated rings. The molecule has 10 heteroatoms. The highest BCUT2D eigenvalue weighted by molar-refractivity contribution is 14.1. The Morgan fingerprint density at radius 3 is 2.24 bits per heavy atom. The fourth-order valence-corrected chi connectivity index (χ4v) is 5.06. The Morgan fingerprint density at radius 1 is 1.03 bits per heavy atom. The van der Waals surface area contributed by atoms with Crippen molar-refractivity contribution in [2.75, 3.05) is 6.61 Å². The maximum Gasteiger partial charge on any atom is 0.269 e. The zero-order chi connectivity index (χ0) is 24.5. The lowest BCUT2D eigenvalue weighted by Crippen LogP contribution is -2.19. The van der Waals surface area contributed by atoms with E-state index in [-0.39, 0.29) is 18.0 Å². The second-order valence-corrected chi connectivity index (χ2v) is 9.40. The number of amides is 1. The molecule has 0 atom stereocenters. The van der Waals surface area contributed by atoms with Gasteiger partial charge in [0.2, 0.25) is 5.91 Å². The number of hydrazone groups is 1. The summed E-state index contributed by atoms with van der Waals surface area (Å²) in [5.41, 5.74) is 5.11. The van der Waals surface area contributed by atoms with Gasteiger partial charge >= 0.3 is 0 Å². The monoisotopic (exact) mass is 685 g/mol. The van der Waals surface area contributed by atoms with Crippen LogP contribution in [0.2, 0.25) is 0 Å². The molecular weight excluding hydrogens is 664 g/mol. The van der Waals surface area contributed by atoms with Crippen LogP contribution in [0.4, 0.5) is 5.69 Å². The summed E-state index contributed by atoms with van der Waals surface area (Å²) in [7, 11) is 0. The van der Waals surface area contributed by atoms with Crippen molar-refractivity contribution in [2.45, 2.75) is 20.0 Å². The molecule has 0 radical (unpaired) electrons. The first kappa shape index (κ1) is 25.9. The van der Waals surface area contributed by atoms with Gasteiger partial charge in [0, 0.05) is 12.1 Å². The van der Waals surface area contributed by atoms with E-state index >= 15 is 0 Å². The van der Waals surface area contributed by atoms with Gasteiger partial charge in [-0.3, -0.25) is 14.9 Å². The van der Waals surface area contributed by atoms with E-state index in [2.05, 4.69) is 55.7 Å². The topological polar surface area (TPSA) is 103 Å². The van der Waals surface area contributed by atoms with Gasteiger partial charge in [-0.05, 0) is 105 Å². The number of carbonyl (C=O) groups is 1. The van der Waals surface area contributed by atoms with Crippen LogP contribution in [0.25, 0.3) is 0 Å². The smallest absolute Gasteiger partial charge is 0.269 e. The molecule has 3 aromatic rings. The second-order valence-electron chi connectivity index (χ2n) is 7.07. The summed E-state index contributed by atoms with van der Waals surface area (Å²) in [5, 5.41) is 14.8. The van der Waals surface area contributed by atoms with E-state index in [0.717, 1.165) is 35.3 Å². The fourth-order valence-electron chi connectivity index (χ4n) is 2.94. The number of nitrogens with one attached hydrogen (secondary N) is 1.